The van der Waals surface area contributed by atoms with Gasteiger partial charge in [-0.3, -0.25) is 0 Å². The topological polar surface area (TPSA) is 33.3 Å². The van der Waals surface area contributed by atoms with Crippen LogP contribution < -0.4 is 15.4 Å². The Bertz CT molecular complexity index is 386. The molecule has 0 amide bonds. The second kappa shape index (κ2) is 7.51. The van der Waals surface area contributed by atoms with E-state index in [2.05, 4.69) is 35.8 Å². The van der Waals surface area contributed by atoms with Crippen LogP contribution in [0.3, 0.4) is 0 Å². The van der Waals surface area contributed by atoms with E-state index in [1.165, 1.54) is 43.5 Å². The van der Waals surface area contributed by atoms with Gasteiger partial charge in [0.15, 0.2) is 0 Å². The maximum absolute atomic E-state index is 5.40. The molecule has 0 saturated carbocycles. The first-order chi connectivity index (χ1) is 9.29. The molecule has 0 bridgehead atoms. The molecular weight excluding hydrogens is 236 g/mol. The van der Waals surface area contributed by atoms with Crippen molar-refractivity contribution < 1.29 is 4.74 Å². The molecule has 19 heavy (non-hydrogen) atoms. The van der Waals surface area contributed by atoms with Gasteiger partial charge in [0.1, 0.15) is 5.75 Å². The van der Waals surface area contributed by atoms with Crippen LogP contribution >= 0.6 is 0 Å². The fourth-order valence-corrected chi connectivity index (χ4v) is 2.75. The first kappa shape index (κ1) is 14.4. The van der Waals surface area contributed by atoms with Gasteiger partial charge in [0, 0.05) is 12.1 Å². The summed E-state index contributed by atoms with van der Waals surface area (Å²) in [5.74, 6) is 1.88. The Hall–Kier alpha value is -1.06. The number of benzene rings is 1. The summed E-state index contributed by atoms with van der Waals surface area (Å²) in [6.45, 7) is 6.50. The van der Waals surface area contributed by atoms with Crippen molar-refractivity contribution in [3.05, 3.63) is 29.3 Å². The van der Waals surface area contributed by atoms with Crippen molar-refractivity contribution >= 4 is 0 Å². The number of hydrogen-bond acceptors (Lipinski definition) is 3. The fraction of sp³-hybridized carbons (Fsp3) is 0.625. The molecular formula is C16H26N2O. The zero-order chi connectivity index (χ0) is 13.5. The lowest BCUT2D eigenvalue weighted by molar-refractivity contribution is 0.347. The van der Waals surface area contributed by atoms with Crippen LogP contribution in [0.15, 0.2) is 18.2 Å². The molecule has 1 aromatic rings. The summed E-state index contributed by atoms with van der Waals surface area (Å²) in [4.78, 5) is 0. The molecule has 2 rings (SSSR count). The lowest BCUT2D eigenvalue weighted by Crippen LogP contribution is -2.29. The summed E-state index contributed by atoms with van der Waals surface area (Å²) in [5, 5.41) is 6.97. The predicted molar refractivity (Wildman–Crippen MR) is 79.6 cm³/mol. The van der Waals surface area contributed by atoms with Crippen LogP contribution in [-0.2, 0) is 6.54 Å². The van der Waals surface area contributed by atoms with E-state index >= 15 is 0 Å². The van der Waals surface area contributed by atoms with E-state index in [1.54, 1.807) is 7.11 Å². The number of rotatable bonds is 6. The maximum atomic E-state index is 5.40. The lowest BCUT2D eigenvalue weighted by Gasteiger charge is -2.22. The van der Waals surface area contributed by atoms with Crippen molar-refractivity contribution in [1.29, 1.82) is 0 Å². The van der Waals surface area contributed by atoms with Gasteiger partial charge < -0.3 is 15.4 Å². The third kappa shape index (κ3) is 4.51. The maximum Gasteiger partial charge on any atom is 0.123 e. The summed E-state index contributed by atoms with van der Waals surface area (Å²) >= 11 is 0. The van der Waals surface area contributed by atoms with Gasteiger partial charge in [-0.05, 0) is 57.8 Å². The van der Waals surface area contributed by atoms with Crippen molar-refractivity contribution in [2.24, 2.45) is 5.92 Å². The Morgan fingerprint density at radius 1 is 1.32 bits per heavy atom. The highest BCUT2D eigenvalue weighted by Gasteiger charge is 2.12. The second-order valence-corrected chi connectivity index (χ2v) is 5.47. The van der Waals surface area contributed by atoms with Gasteiger partial charge in [-0.25, -0.2) is 0 Å². The fourth-order valence-electron chi connectivity index (χ4n) is 2.75. The quantitative estimate of drug-likeness (QED) is 0.773. The highest BCUT2D eigenvalue weighted by Crippen LogP contribution is 2.19. The van der Waals surface area contributed by atoms with Gasteiger partial charge in [0.05, 0.1) is 7.11 Å². The normalized spacial score (nSPS) is 16.5. The van der Waals surface area contributed by atoms with Crippen LogP contribution in [0.2, 0.25) is 0 Å². The van der Waals surface area contributed by atoms with Gasteiger partial charge in [-0.15, -0.1) is 0 Å². The second-order valence-electron chi connectivity index (χ2n) is 5.47. The average Bonchev–Trinajstić information content (AvgIpc) is 2.45. The van der Waals surface area contributed by atoms with E-state index in [4.69, 9.17) is 4.74 Å². The van der Waals surface area contributed by atoms with Crippen molar-refractivity contribution in [2.45, 2.75) is 32.7 Å². The highest BCUT2D eigenvalue weighted by molar-refractivity contribution is 5.36. The smallest absolute Gasteiger partial charge is 0.123 e. The lowest BCUT2D eigenvalue weighted by atomic mass is 9.95. The standard InChI is InChI=1S/C16H26N2O/c1-13-3-4-16(19-2)15(11-13)12-18-10-7-14-5-8-17-9-6-14/h3-4,11,14,17-18H,5-10,12H2,1-2H3. The minimum absolute atomic E-state index is 0.896. The first-order valence-corrected chi connectivity index (χ1v) is 7.34. The number of methoxy groups -OCH3 is 1. The van der Waals surface area contributed by atoms with Crippen LogP contribution in [0, 0.1) is 12.8 Å². The molecule has 3 heteroatoms. The van der Waals surface area contributed by atoms with Gasteiger partial charge in [0.2, 0.25) is 0 Å². The van der Waals surface area contributed by atoms with E-state index in [9.17, 15) is 0 Å². The van der Waals surface area contributed by atoms with Crippen molar-refractivity contribution in [3.8, 4) is 5.75 Å². The van der Waals surface area contributed by atoms with Crippen LogP contribution in [0.5, 0.6) is 5.75 Å². The number of piperidine rings is 1. The summed E-state index contributed by atoms with van der Waals surface area (Å²) < 4.78 is 5.40. The molecule has 0 aliphatic carbocycles. The van der Waals surface area contributed by atoms with Gasteiger partial charge >= 0.3 is 0 Å². The molecule has 1 heterocycles. The van der Waals surface area contributed by atoms with Gasteiger partial charge in [0.25, 0.3) is 0 Å². The van der Waals surface area contributed by atoms with Crippen molar-refractivity contribution in [2.75, 3.05) is 26.7 Å². The van der Waals surface area contributed by atoms with Gasteiger partial charge in [-0.1, -0.05) is 17.7 Å². The number of ether oxygens (including phenoxy) is 1. The van der Waals surface area contributed by atoms with Crippen LogP contribution in [-0.4, -0.2) is 26.7 Å². The molecule has 0 unspecified atom stereocenters. The largest absolute Gasteiger partial charge is 0.496 e. The van der Waals surface area contributed by atoms with E-state index in [0.29, 0.717) is 0 Å². The zero-order valence-corrected chi connectivity index (χ0v) is 12.2. The van der Waals surface area contributed by atoms with E-state index < -0.39 is 0 Å². The van der Waals surface area contributed by atoms with Crippen molar-refractivity contribution in [1.82, 2.24) is 10.6 Å². The van der Waals surface area contributed by atoms with E-state index in [-0.39, 0.29) is 0 Å². The minimum Gasteiger partial charge on any atom is -0.496 e. The van der Waals surface area contributed by atoms with Crippen LogP contribution in [0.4, 0.5) is 0 Å². The number of nitrogens with one attached hydrogen (secondary N) is 2. The zero-order valence-electron chi connectivity index (χ0n) is 12.2. The molecule has 1 aliphatic heterocycles. The van der Waals surface area contributed by atoms with Gasteiger partial charge in [-0.2, -0.15) is 0 Å². The third-order valence-corrected chi connectivity index (χ3v) is 3.94. The summed E-state index contributed by atoms with van der Waals surface area (Å²) in [6, 6.07) is 6.35. The number of aryl methyl sites for hydroxylation is 1. The molecule has 0 aromatic heterocycles. The SMILES string of the molecule is COc1ccc(C)cc1CNCCC1CCNCC1. The molecule has 1 saturated heterocycles. The molecule has 1 aliphatic rings. The summed E-state index contributed by atoms with van der Waals surface area (Å²) in [7, 11) is 1.74. The van der Waals surface area contributed by atoms with Crippen LogP contribution in [0.1, 0.15) is 30.4 Å². The third-order valence-electron chi connectivity index (χ3n) is 3.94. The summed E-state index contributed by atoms with van der Waals surface area (Å²) in [6.07, 6.45) is 3.95. The Balaban J connectivity index is 1.74. The Morgan fingerprint density at radius 3 is 2.84 bits per heavy atom. The molecule has 2 N–H and O–H groups in total. The molecule has 1 fully saturated rings. The predicted octanol–water partition coefficient (Wildman–Crippen LogP) is 2.48. The molecule has 1 aromatic carbocycles. The molecule has 0 atom stereocenters. The number of hydrogen-bond donors (Lipinski definition) is 2. The van der Waals surface area contributed by atoms with E-state index in [1.807, 2.05) is 0 Å². The van der Waals surface area contributed by atoms with E-state index in [0.717, 1.165) is 24.8 Å². The first-order valence-electron chi connectivity index (χ1n) is 7.34. The summed E-state index contributed by atoms with van der Waals surface area (Å²) in [5.41, 5.74) is 2.55. The monoisotopic (exact) mass is 262 g/mol. The van der Waals surface area contributed by atoms with Crippen molar-refractivity contribution in [3.63, 3.8) is 0 Å². The Kier molecular flexibility index (Phi) is 5.67. The highest BCUT2D eigenvalue weighted by atomic mass is 16.5. The minimum atomic E-state index is 0.896. The average molecular weight is 262 g/mol. The molecule has 0 spiro atoms. The molecule has 0 radical (unpaired) electrons. The molecule has 106 valence electrons. The Morgan fingerprint density at radius 2 is 2.11 bits per heavy atom. The molecule has 3 nitrogen and oxygen atoms in total. The van der Waals surface area contributed by atoms with Crippen LogP contribution in [0.25, 0.3) is 0 Å². The Labute approximate surface area is 116 Å².